The van der Waals surface area contributed by atoms with Crippen LogP contribution in [0.15, 0.2) is 192 Å². The van der Waals surface area contributed by atoms with Gasteiger partial charge in [0.2, 0.25) is 0 Å². The summed E-state index contributed by atoms with van der Waals surface area (Å²) in [6.07, 6.45) is 14.8. The second kappa shape index (κ2) is 16.8. The smallest absolute Gasteiger partial charge is 0.0569 e. The standard InChI is InChI=1S/C62H60N2S2/c1-41-23-17-19-33-53(41)63(61-43(3)25-21-31-47(61)45-27-13-11-14-28-45)55-39-57(65(5,6)7)51-38-36-50-56(40-58(66(8,9)10)52-37-35-49(55)59(51)60(50)52)64(54-34-20-18-24-42(54)2)62-44(4)26-22-32-48(62)46-29-15-12-16-30-46/h11-40H,1-10H3. The summed E-state index contributed by atoms with van der Waals surface area (Å²) in [5, 5.41) is 7.91. The van der Waals surface area contributed by atoms with Gasteiger partial charge < -0.3 is 9.80 Å². The van der Waals surface area contributed by atoms with Gasteiger partial charge in [-0.15, -0.1) is 0 Å². The summed E-state index contributed by atoms with van der Waals surface area (Å²) in [6.45, 7) is 9.07. The molecule has 0 aliphatic rings. The fraction of sp³-hybridized carbons (Fsp3) is 0.161. The SMILES string of the molecule is Cc1ccccc1N(c1c(C)cccc1-c1ccccc1)c1cc(S(C)(C)C)c2ccc3c(N(c4ccccc4C)c4c(C)cccc4-c4ccccc4)cc(S(C)(C)C)c4ccc1c2c34. The molecule has 0 radical (unpaired) electrons. The van der Waals surface area contributed by atoms with Crippen molar-refractivity contribution in [2.24, 2.45) is 0 Å². The maximum absolute atomic E-state index is 2.60. The Bertz CT molecular complexity index is 3200. The van der Waals surface area contributed by atoms with Crippen LogP contribution in [-0.2, 0) is 0 Å². The normalized spacial score (nSPS) is 12.6. The molecule has 2 nitrogen and oxygen atoms in total. The molecular weight excluding hydrogens is 837 g/mol. The molecule has 0 atom stereocenters. The van der Waals surface area contributed by atoms with Crippen molar-refractivity contribution in [3.05, 3.63) is 204 Å². The Kier molecular flexibility index (Phi) is 11.0. The van der Waals surface area contributed by atoms with Gasteiger partial charge in [-0.3, -0.25) is 0 Å². The third kappa shape index (κ3) is 7.41. The van der Waals surface area contributed by atoms with Gasteiger partial charge in [0.15, 0.2) is 0 Å². The van der Waals surface area contributed by atoms with E-state index in [0.29, 0.717) is 0 Å². The van der Waals surface area contributed by atoms with Gasteiger partial charge in [-0.05, 0) is 143 Å². The Morgan fingerprint density at radius 2 is 0.636 bits per heavy atom. The summed E-state index contributed by atoms with van der Waals surface area (Å²) in [4.78, 5) is 8.04. The van der Waals surface area contributed by atoms with Gasteiger partial charge in [0.05, 0.1) is 22.7 Å². The van der Waals surface area contributed by atoms with Crippen molar-refractivity contribution in [2.75, 3.05) is 47.3 Å². The van der Waals surface area contributed by atoms with Crippen molar-refractivity contribution in [3.8, 4) is 22.3 Å². The number of anilines is 6. The average molecular weight is 897 g/mol. The zero-order chi connectivity index (χ0) is 46.1. The van der Waals surface area contributed by atoms with Crippen molar-refractivity contribution in [1.29, 1.82) is 0 Å². The maximum Gasteiger partial charge on any atom is 0.0569 e. The predicted octanol–water partition coefficient (Wildman–Crippen LogP) is 18.2. The van der Waals surface area contributed by atoms with Crippen molar-refractivity contribution in [2.45, 2.75) is 37.5 Å². The van der Waals surface area contributed by atoms with Crippen LogP contribution >= 0.6 is 20.1 Å². The highest BCUT2D eigenvalue weighted by atomic mass is 32.3. The van der Waals surface area contributed by atoms with Crippen molar-refractivity contribution in [1.82, 2.24) is 0 Å². The van der Waals surface area contributed by atoms with Crippen LogP contribution in [0, 0.1) is 27.7 Å². The van der Waals surface area contributed by atoms with Crippen LogP contribution in [-0.4, -0.2) is 37.5 Å². The molecule has 0 aromatic heterocycles. The zero-order valence-electron chi connectivity index (χ0n) is 40.0. The molecule has 0 fully saturated rings. The molecule has 10 aromatic carbocycles. The van der Waals surface area contributed by atoms with Gasteiger partial charge in [0, 0.05) is 44.0 Å². The first-order valence-corrected chi connectivity index (χ1v) is 28.6. The molecule has 330 valence electrons. The molecule has 66 heavy (non-hydrogen) atoms. The Balaban J connectivity index is 1.39. The highest BCUT2D eigenvalue weighted by molar-refractivity contribution is 8.32. The van der Waals surface area contributed by atoms with E-state index in [2.05, 4.69) is 257 Å². The molecule has 0 aliphatic carbocycles. The van der Waals surface area contributed by atoms with Gasteiger partial charge in [-0.2, -0.15) is 0 Å². The third-order valence-electron chi connectivity index (χ3n) is 13.4. The minimum absolute atomic E-state index is 1.19. The van der Waals surface area contributed by atoms with Crippen LogP contribution in [0.4, 0.5) is 34.1 Å². The number of hydrogen-bond donors (Lipinski definition) is 0. The van der Waals surface area contributed by atoms with Crippen molar-refractivity contribution in [3.63, 3.8) is 0 Å². The fourth-order valence-corrected chi connectivity index (χ4v) is 12.8. The highest BCUT2D eigenvalue weighted by Crippen LogP contribution is 2.60. The van der Waals surface area contributed by atoms with E-state index in [1.54, 1.807) is 0 Å². The Hall–Kier alpha value is -6.46. The zero-order valence-corrected chi connectivity index (χ0v) is 41.7. The number of aryl methyl sites for hydroxylation is 4. The summed E-state index contributed by atoms with van der Waals surface area (Å²) in [6, 6.07) is 68.2. The number of benzene rings is 10. The van der Waals surface area contributed by atoms with Crippen LogP contribution in [0.3, 0.4) is 0 Å². The van der Waals surface area contributed by atoms with Crippen molar-refractivity contribution < 1.29 is 0 Å². The maximum atomic E-state index is 2.60. The summed E-state index contributed by atoms with van der Waals surface area (Å²) >= 11 is 0. The lowest BCUT2D eigenvalue weighted by Gasteiger charge is -2.37. The molecule has 0 heterocycles. The van der Waals surface area contributed by atoms with Crippen LogP contribution in [0.25, 0.3) is 54.6 Å². The first-order valence-electron chi connectivity index (χ1n) is 22.9. The third-order valence-corrected chi connectivity index (χ3v) is 16.7. The van der Waals surface area contributed by atoms with E-state index in [0.717, 1.165) is 0 Å². The highest BCUT2D eigenvalue weighted by Gasteiger charge is 2.31. The minimum atomic E-state index is -1.26. The Morgan fingerprint density at radius 1 is 0.303 bits per heavy atom. The molecule has 4 heteroatoms. The van der Waals surface area contributed by atoms with E-state index in [-0.39, 0.29) is 0 Å². The van der Waals surface area contributed by atoms with E-state index in [9.17, 15) is 0 Å². The summed E-state index contributed by atoms with van der Waals surface area (Å²) < 4.78 is 0. The van der Waals surface area contributed by atoms with E-state index in [1.807, 2.05) is 0 Å². The van der Waals surface area contributed by atoms with Gasteiger partial charge in [0.25, 0.3) is 0 Å². The van der Waals surface area contributed by atoms with E-state index in [1.165, 1.54) is 121 Å². The first-order chi connectivity index (χ1) is 31.7. The van der Waals surface area contributed by atoms with E-state index in [4.69, 9.17) is 0 Å². The molecule has 0 unspecified atom stereocenters. The van der Waals surface area contributed by atoms with E-state index < -0.39 is 20.1 Å². The molecular formula is C62H60N2S2. The molecule has 0 bridgehead atoms. The lowest BCUT2D eigenvalue weighted by molar-refractivity contribution is 1.23. The molecule has 0 aliphatic heterocycles. The minimum Gasteiger partial charge on any atom is -0.309 e. The number of rotatable bonds is 10. The van der Waals surface area contributed by atoms with Gasteiger partial charge in [-0.1, -0.05) is 158 Å². The molecule has 10 aromatic rings. The van der Waals surface area contributed by atoms with Crippen molar-refractivity contribution >= 4 is 86.5 Å². The lowest BCUT2D eigenvalue weighted by atomic mass is 9.90. The van der Waals surface area contributed by atoms with Crippen LogP contribution in [0.5, 0.6) is 0 Å². The van der Waals surface area contributed by atoms with E-state index >= 15 is 0 Å². The lowest BCUT2D eigenvalue weighted by Crippen LogP contribution is -2.16. The second-order valence-corrected chi connectivity index (χ2v) is 27.7. The van der Waals surface area contributed by atoms with Gasteiger partial charge in [0.1, 0.15) is 0 Å². The molecule has 0 amide bonds. The average Bonchev–Trinajstić information content (AvgIpc) is 3.30. The van der Waals surface area contributed by atoms with Crippen LogP contribution < -0.4 is 9.80 Å². The molecule has 0 saturated heterocycles. The Morgan fingerprint density at radius 3 is 1.00 bits per heavy atom. The largest absolute Gasteiger partial charge is 0.309 e. The number of nitrogens with zero attached hydrogens (tertiary/aromatic N) is 2. The summed E-state index contributed by atoms with van der Waals surface area (Å²) in [5.74, 6) is 0. The Labute approximate surface area is 395 Å². The monoisotopic (exact) mass is 896 g/mol. The summed E-state index contributed by atoms with van der Waals surface area (Å²) in [7, 11) is -2.52. The second-order valence-electron chi connectivity index (χ2n) is 19.5. The van der Waals surface area contributed by atoms with Crippen LogP contribution in [0.1, 0.15) is 22.3 Å². The van der Waals surface area contributed by atoms with Gasteiger partial charge in [-0.25, -0.2) is 20.1 Å². The first kappa shape index (κ1) is 43.4. The quantitative estimate of drug-likeness (QED) is 0.126. The molecule has 0 N–H and O–H groups in total. The molecule has 0 spiro atoms. The topological polar surface area (TPSA) is 6.48 Å². The fourth-order valence-electron chi connectivity index (χ4n) is 10.3. The van der Waals surface area contributed by atoms with Gasteiger partial charge >= 0.3 is 0 Å². The summed E-state index contributed by atoms with van der Waals surface area (Å²) in [5.41, 5.74) is 17.0. The molecule has 10 rings (SSSR count). The number of hydrogen-bond acceptors (Lipinski definition) is 2. The number of para-hydroxylation sites is 4. The van der Waals surface area contributed by atoms with Crippen LogP contribution in [0.2, 0.25) is 0 Å². The molecule has 0 saturated carbocycles. The predicted molar refractivity (Wildman–Crippen MR) is 297 cm³/mol.